The molecule has 2 fully saturated rings. The molecule has 0 aromatic heterocycles. The van der Waals surface area contributed by atoms with Crippen molar-refractivity contribution in [3.63, 3.8) is 0 Å². The van der Waals surface area contributed by atoms with E-state index in [9.17, 15) is 13.2 Å². The number of nitrogens with zero attached hydrogens (tertiary/aromatic N) is 1. The van der Waals surface area contributed by atoms with Gasteiger partial charge in [0.25, 0.3) is 5.91 Å². The molecule has 30 heavy (non-hydrogen) atoms. The number of sulfonamides is 1. The van der Waals surface area contributed by atoms with Gasteiger partial charge in [0, 0.05) is 37.1 Å². The van der Waals surface area contributed by atoms with Gasteiger partial charge in [0.2, 0.25) is 10.0 Å². The number of likely N-dealkylation sites (tertiary alicyclic amines) is 1. The van der Waals surface area contributed by atoms with Gasteiger partial charge in [0.1, 0.15) is 6.04 Å². The third kappa shape index (κ3) is 4.58. The minimum absolute atomic E-state index is 0.167. The molecule has 0 spiro atoms. The number of hydrogen-bond donors (Lipinski definition) is 2. The molecule has 0 bridgehead atoms. The highest BCUT2D eigenvalue weighted by molar-refractivity contribution is 7.89. The summed E-state index contributed by atoms with van der Waals surface area (Å²) in [6.07, 6.45) is 4.25. The van der Waals surface area contributed by atoms with Crippen molar-refractivity contribution >= 4 is 15.9 Å². The van der Waals surface area contributed by atoms with Crippen molar-refractivity contribution in [2.45, 2.75) is 36.6 Å². The number of quaternary nitrogens is 1. The highest BCUT2D eigenvalue weighted by atomic mass is 32.2. The Morgan fingerprint density at radius 1 is 0.933 bits per heavy atom. The summed E-state index contributed by atoms with van der Waals surface area (Å²) in [4.78, 5) is 14.5. The van der Waals surface area contributed by atoms with E-state index in [-0.39, 0.29) is 16.8 Å². The summed E-state index contributed by atoms with van der Waals surface area (Å²) in [5.41, 5.74) is 1.72. The largest absolute Gasteiger partial charge is 0.346 e. The maximum absolute atomic E-state index is 12.7. The quantitative estimate of drug-likeness (QED) is 0.704. The molecule has 0 aliphatic carbocycles. The highest BCUT2D eigenvalue weighted by Crippen LogP contribution is 2.21. The van der Waals surface area contributed by atoms with Gasteiger partial charge in [0.15, 0.2) is 0 Å². The smallest absolute Gasteiger partial charge is 0.251 e. The van der Waals surface area contributed by atoms with Gasteiger partial charge in [-0.05, 0) is 37.1 Å². The van der Waals surface area contributed by atoms with E-state index >= 15 is 0 Å². The van der Waals surface area contributed by atoms with Crippen molar-refractivity contribution in [1.29, 1.82) is 0 Å². The van der Waals surface area contributed by atoms with E-state index in [0.29, 0.717) is 25.2 Å². The molecule has 2 aliphatic heterocycles. The first kappa shape index (κ1) is 21.0. The number of nitrogens with one attached hydrogen (secondary N) is 2. The van der Waals surface area contributed by atoms with Crippen LogP contribution in [0.2, 0.25) is 0 Å². The zero-order valence-electron chi connectivity index (χ0n) is 17.2. The first-order valence-electron chi connectivity index (χ1n) is 10.8. The normalized spacial score (nSPS) is 19.1. The van der Waals surface area contributed by atoms with Crippen molar-refractivity contribution in [1.82, 2.24) is 9.62 Å². The Morgan fingerprint density at radius 2 is 1.57 bits per heavy atom. The van der Waals surface area contributed by atoms with Crippen molar-refractivity contribution < 1.29 is 18.1 Å². The summed E-state index contributed by atoms with van der Waals surface area (Å²) >= 11 is 0. The lowest BCUT2D eigenvalue weighted by atomic mass is 10.1. The number of carbonyl (C=O) groups excluding carboxylic acids is 1. The zero-order chi connectivity index (χ0) is 21.0. The summed E-state index contributed by atoms with van der Waals surface area (Å²) in [7, 11) is -3.46. The summed E-state index contributed by atoms with van der Waals surface area (Å²) in [6, 6.07) is 16.9. The number of benzene rings is 2. The second kappa shape index (κ2) is 9.29. The number of hydrogen-bond acceptors (Lipinski definition) is 3. The van der Waals surface area contributed by atoms with Gasteiger partial charge in [-0.15, -0.1) is 0 Å². The first-order valence-corrected chi connectivity index (χ1v) is 12.3. The topological polar surface area (TPSA) is 70.9 Å². The number of rotatable bonds is 7. The third-order valence-electron chi connectivity index (χ3n) is 6.23. The van der Waals surface area contributed by atoms with Crippen molar-refractivity contribution in [3.8, 4) is 0 Å². The Bertz CT molecular complexity index is 949. The van der Waals surface area contributed by atoms with Gasteiger partial charge in [-0.3, -0.25) is 4.79 Å². The Morgan fingerprint density at radius 3 is 2.20 bits per heavy atom. The van der Waals surface area contributed by atoms with Gasteiger partial charge in [-0.2, -0.15) is 4.31 Å². The van der Waals surface area contributed by atoms with Gasteiger partial charge in [-0.25, -0.2) is 8.42 Å². The van der Waals surface area contributed by atoms with E-state index in [0.717, 1.165) is 25.9 Å². The Labute approximate surface area is 178 Å². The van der Waals surface area contributed by atoms with Crippen LogP contribution in [0.3, 0.4) is 0 Å². The van der Waals surface area contributed by atoms with Crippen LogP contribution in [0.4, 0.5) is 0 Å². The maximum atomic E-state index is 12.7. The van der Waals surface area contributed by atoms with Crippen molar-refractivity contribution in [2.75, 3.05) is 32.7 Å². The molecule has 0 unspecified atom stereocenters. The fourth-order valence-electron chi connectivity index (χ4n) is 4.51. The van der Waals surface area contributed by atoms with E-state index in [1.807, 2.05) is 18.2 Å². The molecule has 2 aromatic rings. The Kier molecular flexibility index (Phi) is 6.51. The predicted octanol–water partition coefficient (Wildman–Crippen LogP) is 1.62. The molecule has 2 heterocycles. The lowest BCUT2D eigenvalue weighted by Gasteiger charge is -2.25. The molecule has 0 radical (unpaired) electrons. The molecule has 2 saturated heterocycles. The molecule has 2 aliphatic rings. The lowest BCUT2D eigenvalue weighted by Crippen LogP contribution is -3.11. The van der Waals surface area contributed by atoms with Gasteiger partial charge >= 0.3 is 0 Å². The average molecular weight is 429 g/mol. The van der Waals surface area contributed by atoms with E-state index in [1.54, 1.807) is 24.3 Å². The fourth-order valence-corrected chi connectivity index (χ4v) is 6.03. The minimum atomic E-state index is -3.46. The van der Waals surface area contributed by atoms with Crippen LogP contribution in [0.5, 0.6) is 0 Å². The molecule has 0 saturated carbocycles. The fraction of sp³-hybridized carbons (Fsp3) is 0.435. The molecular formula is C23H30N3O3S+. The van der Waals surface area contributed by atoms with Crippen molar-refractivity contribution in [2.24, 2.45) is 0 Å². The van der Waals surface area contributed by atoms with E-state index in [1.165, 1.54) is 27.6 Å². The van der Waals surface area contributed by atoms with E-state index < -0.39 is 10.0 Å². The molecule has 1 atom stereocenters. The zero-order valence-corrected chi connectivity index (χ0v) is 18.0. The molecule has 7 heteroatoms. The molecule has 2 aromatic carbocycles. The van der Waals surface area contributed by atoms with Crippen LogP contribution in [0.25, 0.3) is 0 Å². The maximum Gasteiger partial charge on any atom is 0.251 e. The SMILES string of the molecule is O=C(NC[C@@H](c1ccccc1)[NH+]1CCCC1)c1ccc(S(=O)(=O)N2CCCC2)cc1. The monoisotopic (exact) mass is 428 g/mol. The molecule has 1 amide bonds. The number of carbonyl (C=O) groups is 1. The van der Waals surface area contributed by atoms with Gasteiger partial charge in [-0.1, -0.05) is 30.3 Å². The van der Waals surface area contributed by atoms with Crippen LogP contribution >= 0.6 is 0 Å². The lowest BCUT2D eigenvalue weighted by molar-refractivity contribution is -0.918. The third-order valence-corrected chi connectivity index (χ3v) is 8.14. The van der Waals surface area contributed by atoms with E-state index in [4.69, 9.17) is 0 Å². The molecule has 6 nitrogen and oxygen atoms in total. The summed E-state index contributed by atoms with van der Waals surface area (Å²) in [5.74, 6) is -0.167. The molecule has 160 valence electrons. The standard InChI is InChI=1S/C23H29N3O3S/c27-23(20-10-12-21(13-11-20)30(28,29)26-16-6-7-17-26)24-18-22(25-14-4-5-15-25)19-8-2-1-3-9-19/h1-3,8-13,22H,4-7,14-18H2,(H,24,27)/p+1/t22-/m0/s1. The molecule has 4 rings (SSSR count). The first-order chi connectivity index (χ1) is 14.6. The van der Waals surface area contributed by atoms with Gasteiger partial charge in [0.05, 0.1) is 24.5 Å². The number of amides is 1. The van der Waals surface area contributed by atoms with Crippen LogP contribution in [-0.4, -0.2) is 51.4 Å². The summed E-state index contributed by atoms with van der Waals surface area (Å²) < 4.78 is 26.8. The van der Waals surface area contributed by atoms with Crippen LogP contribution in [0.1, 0.15) is 47.6 Å². The van der Waals surface area contributed by atoms with Crippen LogP contribution < -0.4 is 10.2 Å². The predicted molar refractivity (Wildman–Crippen MR) is 116 cm³/mol. The average Bonchev–Trinajstić information content (AvgIpc) is 3.49. The second-order valence-electron chi connectivity index (χ2n) is 8.17. The molecule has 2 N–H and O–H groups in total. The van der Waals surface area contributed by atoms with Gasteiger partial charge < -0.3 is 10.2 Å². The van der Waals surface area contributed by atoms with E-state index in [2.05, 4.69) is 17.4 Å². The van der Waals surface area contributed by atoms with Crippen molar-refractivity contribution in [3.05, 3.63) is 65.7 Å². The molecular weight excluding hydrogens is 398 g/mol. The Balaban J connectivity index is 1.42. The minimum Gasteiger partial charge on any atom is -0.346 e. The van der Waals surface area contributed by atoms with Crippen LogP contribution in [-0.2, 0) is 10.0 Å². The van der Waals surface area contributed by atoms with Crippen LogP contribution in [0.15, 0.2) is 59.5 Å². The summed E-state index contributed by atoms with van der Waals surface area (Å²) in [5, 5.41) is 3.07. The van der Waals surface area contributed by atoms with Crippen LogP contribution in [0, 0.1) is 0 Å². The second-order valence-corrected chi connectivity index (χ2v) is 10.1. The summed E-state index contributed by atoms with van der Waals surface area (Å²) in [6.45, 7) is 3.96. The Hall–Kier alpha value is -2.22. The highest BCUT2D eigenvalue weighted by Gasteiger charge is 2.29.